The van der Waals surface area contributed by atoms with Gasteiger partial charge in [0.05, 0.1) is 6.61 Å². The van der Waals surface area contributed by atoms with Gasteiger partial charge in [-0.3, -0.25) is 0 Å². The van der Waals surface area contributed by atoms with Gasteiger partial charge in [0.15, 0.2) is 5.60 Å². The number of aliphatic hydroxyl groups is 5. The molecule has 180 valence electrons. The molecule has 1 heterocycles. The molecule has 1 aliphatic rings. The lowest BCUT2D eigenvalue weighted by Gasteiger charge is -2.65. The van der Waals surface area contributed by atoms with E-state index < -0.39 is 46.2 Å². The molecular formula is C24H30O9. The SMILES string of the molecule is CC(C)(c1ccccc1)C(O)(CO)C(O)(C(C)(C)c1ccccc1)C1(O)OOC1(O)C(=O)O. The Labute approximate surface area is 191 Å². The van der Waals surface area contributed by atoms with Crippen LogP contribution in [0, 0.1) is 0 Å². The van der Waals surface area contributed by atoms with E-state index in [1.165, 1.54) is 27.7 Å². The summed E-state index contributed by atoms with van der Waals surface area (Å²) in [5.41, 5.74) is -8.25. The van der Waals surface area contributed by atoms with Gasteiger partial charge in [0.25, 0.3) is 0 Å². The minimum absolute atomic E-state index is 0.347. The number of rotatable bonds is 8. The molecule has 0 bridgehead atoms. The van der Waals surface area contributed by atoms with Crippen LogP contribution >= 0.6 is 0 Å². The molecule has 9 nitrogen and oxygen atoms in total. The predicted octanol–water partition coefficient (Wildman–Crippen LogP) is 0.820. The van der Waals surface area contributed by atoms with Crippen molar-refractivity contribution < 1.29 is 45.2 Å². The van der Waals surface area contributed by atoms with Crippen molar-refractivity contribution in [2.75, 3.05) is 6.61 Å². The Balaban J connectivity index is 2.40. The van der Waals surface area contributed by atoms with Crippen molar-refractivity contribution in [3.63, 3.8) is 0 Å². The molecule has 1 saturated heterocycles. The van der Waals surface area contributed by atoms with Crippen LogP contribution in [0.2, 0.25) is 0 Å². The van der Waals surface area contributed by atoms with Gasteiger partial charge in [0.1, 0.15) is 5.60 Å². The molecule has 1 fully saturated rings. The molecule has 0 saturated carbocycles. The molecule has 2 aromatic rings. The number of hydrogen-bond acceptors (Lipinski definition) is 8. The van der Waals surface area contributed by atoms with E-state index in [9.17, 15) is 35.4 Å². The van der Waals surface area contributed by atoms with Crippen molar-refractivity contribution in [1.29, 1.82) is 0 Å². The summed E-state index contributed by atoms with van der Waals surface area (Å²) in [6, 6.07) is 16.5. The highest BCUT2D eigenvalue weighted by atomic mass is 17.3. The van der Waals surface area contributed by atoms with Crippen LogP contribution in [-0.2, 0) is 25.4 Å². The average Bonchev–Trinajstić information content (AvgIpc) is 2.81. The third-order valence-electron chi connectivity index (χ3n) is 7.28. The third kappa shape index (κ3) is 3.01. The monoisotopic (exact) mass is 462 g/mol. The van der Waals surface area contributed by atoms with E-state index in [2.05, 4.69) is 4.89 Å². The van der Waals surface area contributed by atoms with Crippen LogP contribution in [0.4, 0.5) is 0 Å². The van der Waals surface area contributed by atoms with Gasteiger partial charge in [0, 0.05) is 10.8 Å². The molecule has 0 radical (unpaired) electrons. The lowest BCUT2D eigenvalue weighted by Crippen LogP contribution is -2.90. The van der Waals surface area contributed by atoms with Crippen molar-refractivity contribution in [2.45, 2.75) is 61.3 Å². The molecule has 4 unspecified atom stereocenters. The molecule has 3 rings (SSSR count). The van der Waals surface area contributed by atoms with Gasteiger partial charge in [-0.2, -0.15) is 9.78 Å². The van der Waals surface area contributed by atoms with E-state index >= 15 is 0 Å². The normalized spacial score (nSPS) is 27.2. The Kier molecular flexibility index (Phi) is 6.01. The summed E-state index contributed by atoms with van der Waals surface area (Å²) < 4.78 is 0. The Morgan fingerprint density at radius 2 is 1.24 bits per heavy atom. The molecule has 4 atom stereocenters. The summed E-state index contributed by atoms with van der Waals surface area (Å²) in [5.74, 6) is -8.92. The fraction of sp³-hybridized carbons (Fsp3) is 0.458. The van der Waals surface area contributed by atoms with Crippen LogP contribution in [-0.4, -0.2) is 66.0 Å². The van der Waals surface area contributed by atoms with E-state index in [0.29, 0.717) is 11.1 Å². The summed E-state index contributed by atoms with van der Waals surface area (Å²) in [6.45, 7) is 4.71. The van der Waals surface area contributed by atoms with Gasteiger partial charge in [-0.05, 0) is 11.1 Å². The number of aliphatic carboxylic acids is 1. The van der Waals surface area contributed by atoms with Crippen molar-refractivity contribution in [3.05, 3.63) is 71.8 Å². The zero-order valence-electron chi connectivity index (χ0n) is 18.9. The van der Waals surface area contributed by atoms with E-state index in [4.69, 9.17) is 4.89 Å². The highest BCUT2D eigenvalue weighted by molar-refractivity contribution is 5.78. The number of carbonyl (C=O) groups is 1. The van der Waals surface area contributed by atoms with Gasteiger partial charge in [-0.15, -0.1) is 0 Å². The lowest BCUT2D eigenvalue weighted by atomic mass is 9.50. The highest BCUT2D eigenvalue weighted by Gasteiger charge is 2.87. The van der Waals surface area contributed by atoms with Gasteiger partial charge < -0.3 is 30.6 Å². The fourth-order valence-electron chi connectivity index (χ4n) is 4.83. The molecule has 9 heteroatoms. The smallest absolute Gasteiger partial charge is 0.373 e. The number of aliphatic hydroxyl groups excluding tert-OH is 1. The number of benzene rings is 2. The maximum Gasteiger partial charge on any atom is 0.373 e. The summed E-state index contributed by atoms with van der Waals surface area (Å²) in [5, 5.41) is 66.9. The largest absolute Gasteiger partial charge is 0.477 e. The Hall–Kier alpha value is -2.37. The molecule has 0 spiro atoms. The first kappa shape index (κ1) is 25.3. The zero-order chi connectivity index (χ0) is 24.9. The molecule has 6 N–H and O–H groups in total. The van der Waals surface area contributed by atoms with Gasteiger partial charge in [-0.25, -0.2) is 4.79 Å². The Morgan fingerprint density at radius 3 is 1.58 bits per heavy atom. The lowest BCUT2D eigenvalue weighted by molar-refractivity contribution is -0.668. The zero-order valence-corrected chi connectivity index (χ0v) is 18.9. The average molecular weight is 462 g/mol. The maximum atomic E-state index is 12.4. The van der Waals surface area contributed by atoms with Crippen molar-refractivity contribution in [3.8, 4) is 0 Å². The second-order valence-electron chi connectivity index (χ2n) is 9.47. The second-order valence-corrected chi connectivity index (χ2v) is 9.47. The maximum absolute atomic E-state index is 12.4. The van der Waals surface area contributed by atoms with Crippen molar-refractivity contribution in [1.82, 2.24) is 0 Å². The summed E-state index contributed by atoms with van der Waals surface area (Å²) in [6.07, 6.45) is 0. The number of hydrogen-bond donors (Lipinski definition) is 6. The quantitative estimate of drug-likeness (QED) is 0.313. The van der Waals surface area contributed by atoms with Crippen LogP contribution in [0.1, 0.15) is 38.8 Å². The van der Waals surface area contributed by atoms with Crippen LogP contribution in [0.25, 0.3) is 0 Å². The molecular weight excluding hydrogens is 432 g/mol. The van der Waals surface area contributed by atoms with Crippen LogP contribution in [0.15, 0.2) is 60.7 Å². The molecule has 0 aliphatic carbocycles. The summed E-state index contributed by atoms with van der Waals surface area (Å²) >= 11 is 0. The molecule has 2 aromatic carbocycles. The Bertz CT molecular complexity index is 1010. The van der Waals surface area contributed by atoms with Crippen LogP contribution in [0.3, 0.4) is 0 Å². The summed E-state index contributed by atoms with van der Waals surface area (Å²) in [7, 11) is 0. The van der Waals surface area contributed by atoms with Crippen molar-refractivity contribution in [2.24, 2.45) is 0 Å². The number of carboxylic acid groups (broad SMARTS) is 1. The minimum Gasteiger partial charge on any atom is -0.477 e. The first-order valence-electron chi connectivity index (χ1n) is 10.4. The van der Waals surface area contributed by atoms with E-state index in [1.807, 2.05) is 0 Å². The molecule has 0 amide bonds. The number of carboxylic acids is 1. The second kappa shape index (κ2) is 7.85. The first-order chi connectivity index (χ1) is 15.2. The summed E-state index contributed by atoms with van der Waals surface area (Å²) in [4.78, 5) is 21.0. The van der Waals surface area contributed by atoms with Gasteiger partial charge >= 0.3 is 17.5 Å². The van der Waals surface area contributed by atoms with Gasteiger partial charge in [0.2, 0.25) is 0 Å². The highest BCUT2D eigenvalue weighted by Crippen LogP contribution is 2.60. The van der Waals surface area contributed by atoms with E-state index in [0.717, 1.165) is 0 Å². The predicted molar refractivity (Wildman–Crippen MR) is 116 cm³/mol. The van der Waals surface area contributed by atoms with E-state index in [-0.39, 0.29) is 0 Å². The molecule has 0 aromatic heterocycles. The van der Waals surface area contributed by atoms with Gasteiger partial charge in [-0.1, -0.05) is 88.4 Å². The molecule has 33 heavy (non-hydrogen) atoms. The minimum atomic E-state index is -3.45. The Morgan fingerprint density at radius 1 is 0.818 bits per heavy atom. The molecule has 1 aliphatic heterocycles. The fourth-order valence-corrected chi connectivity index (χ4v) is 4.83. The standard InChI is InChI=1S/C24H30O9/c1-19(2,16-11-7-5-8-12-16)21(28,15-25)23(30,20(3,4)17-13-9-6-10-14-17)24(31)22(29,18(26)27)32-33-24/h5-14,25,28-31H,15H2,1-4H3,(H,26,27). The third-order valence-corrected chi connectivity index (χ3v) is 7.28. The van der Waals surface area contributed by atoms with Crippen LogP contribution < -0.4 is 0 Å². The topological polar surface area (TPSA) is 157 Å². The first-order valence-corrected chi connectivity index (χ1v) is 10.4. The van der Waals surface area contributed by atoms with Crippen molar-refractivity contribution >= 4 is 5.97 Å². The van der Waals surface area contributed by atoms with Crippen LogP contribution in [0.5, 0.6) is 0 Å². The van der Waals surface area contributed by atoms with E-state index in [1.54, 1.807) is 60.7 Å².